The average molecular weight is 394 g/mol. The second-order valence-corrected chi connectivity index (χ2v) is 6.95. The van der Waals surface area contributed by atoms with Gasteiger partial charge in [-0.15, -0.1) is 0 Å². The summed E-state index contributed by atoms with van der Waals surface area (Å²) < 4.78 is 16.8. The fourth-order valence-corrected chi connectivity index (χ4v) is 3.47. The molecule has 27 heavy (non-hydrogen) atoms. The summed E-state index contributed by atoms with van der Waals surface area (Å²) in [6, 6.07) is 3.51. The minimum Gasteiger partial charge on any atom is -0.493 e. The summed E-state index contributed by atoms with van der Waals surface area (Å²) in [5.41, 5.74) is 0.658. The summed E-state index contributed by atoms with van der Waals surface area (Å²) in [5.74, 6) is 0.736. The molecular formula is C19H24ClN3O4. The first kappa shape index (κ1) is 19.6. The second-order valence-electron chi connectivity index (χ2n) is 6.59. The number of carbonyl (C=O) groups excluding carboxylic acids is 1. The quantitative estimate of drug-likeness (QED) is 0.528. The molecule has 1 fully saturated rings. The van der Waals surface area contributed by atoms with Gasteiger partial charge in [0, 0.05) is 24.9 Å². The van der Waals surface area contributed by atoms with Crippen molar-refractivity contribution in [1.29, 1.82) is 0 Å². The smallest absolute Gasteiger partial charge is 0.303 e. The van der Waals surface area contributed by atoms with Crippen LogP contribution in [0.4, 0.5) is 0 Å². The summed E-state index contributed by atoms with van der Waals surface area (Å²) in [5, 5.41) is 1.04. The van der Waals surface area contributed by atoms with E-state index in [4.69, 9.17) is 25.8 Å². The topological polar surface area (TPSA) is 73.8 Å². The fourth-order valence-electron chi connectivity index (χ4n) is 3.28. The number of benzene rings is 1. The van der Waals surface area contributed by atoms with Crippen LogP contribution < -0.4 is 9.47 Å². The van der Waals surface area contributed by atoms with E-state index < -0.39 is 0 Å². The molecule has 2 heterocycles. The van der Waals surface area contributed by atoms with Gasteiger partial charge >= 0.3 is 5.97 Å². The standard InChI is InChI=1S/C19H24ClN3O4/c1-13(24)27-14(10-23-6-4-3-5-7-23)11-26-18-9-16-15(8-17(18)25-2)19(20)22-12-21-16/h8-9,12,14H,3-7,10-11H2,1-2H3. The van der Waals surface area contributed by atoms with Gasteiger partial charge in [-0.1, -0.05) is 18.0 Å². The van der Waals surface area contributed by atoms with E-state index in [2.05, 4.69) is 14.9 Å². The van der Waals surface area contributed by atoms with Crippen LogP contribution in [0.25, 0.3) is 10.9 Å². The molecule has 1 unspecified atom stereocenters. The van der Waals surface area contributed by atoms with Gasteiger partial charge < -0.3 is 14.2 Å². The summed E-state index contributed by atoms with van der Waals surface area (Å²) in [6.45, 7) is 4.35. The molecule has 3 rings (SSSR count). The molecule has 1 aliphatic rings. The van der Waals surface area contributed by atoms with E-state index in [9.17, 15) is 4.79 Å². The van der Waals surface area contributed by atoms with E-state index in [0.717, 1.165) is 13.1 Å². The van der Waals surface area contributed by atoms with Crippen molar-refractivity contribution in [2.45, 2.75) is 32.3 Å². The van der Waals surface area contributed by atoms with Crippen molar-refractivity contribution in [2.24, 2.45) is 0 Å². The Kier molecular flexibility index (Phi) is 6.68. The molecule has 8 heteroatoms. The number of aromatic nitrogens is 2. The highest BCUT2D eigenvalue weighted by atomic mass is 35.5. The van der Waals surface area contributed by atoms with Crippen molar-refractivity contribution in [3.05, 3.63) is 23.6 Å². The number of likely N-dealkylation sites (tertiary alicyclic amines) is 1. The van der Waals surface area contributed by atoms with E-state index in [1.54, 1.807) is 19.2 Å². The number of fused-ring (bicyclic) bond motifs is 1. The van der Waals surface area contributed by atoms with Gasteiger partial charge in [0.1, 0.15) is 24.2 Å². The number of ether oxygens (including phenoxy) is 3. The molecule has 0 bridgehead atoms. The lowest BCUT2D eigenvalue weighted by Crippen LogP contribution is -2.40. The number of halogens is 1. The van der Waals surface area contributed by atoms with Gasteiger partial charge in [-0.05, 0) is 32.0 Å². The van der Waals surface area contributed by atoms with Crippen molar-refractivity contribution in [3.63, 3.8) is 0 Å². The van der Waals surface area contributed by atoms with Crippen molar-refractivity contribution in [1.82, 2.24) is 14.9 Å². The van der Waals surface area contributed by atoms with Crippen LogP contribution in [0.3, 0.4) is 0 Å². The maximum atomic E-state index is 11.5. The van der Waals surface area contributed by atoms with Gasteiger partial charge in [0.15, 0.2) is 11.5 Å². The number of carbonyl (C=O) groups is 1. The van der Waals surface area contributed by atoms with E-state index in [1.807, 2.05) is 0 Å². The van der Waals surface area contributed by atoms with Gasteiger partial charge in [0.2, 0.25) is 0 Å². The number of nitrogens with zero attached hydrogens (tertiary/aromatic N) is 3. The summed E-state index contributed by atoms with van der Waals surface area (Å²) in [4.78, 5) is 22.0. The van der Waals surface area contributed by atoms with E-state index in [1.165, 1.54) is 32.5 Å². The van der Waals surface area contributed by atoms with Crippen LogP contribution in [0.2, 0.25) is 5.15 Å². The van der Waals surface area contributed by atoms with Crippen molar-refractivity contribution < 1.29 is 19.0 Å². The molecule has 1 saturated heterocycles. The lowest BCUT2D eigenvalue weighted by Gasteiger charge is -2.30. The highest BCUT2D eigenvalue weighted by molar-refractivity contribution is 6.34. The number of hydrogen-bond donors (Lipinski definition) is 0. The summed E-state index contributed by atoms with van der Waals surface area (Å²) >= 11 is 6.12. The molecule has 1 aliphatic heterocycles. The predicted octanol–water partition coefficient (Wildman–Crippen LogP) is 3.09. The zero-order valence-corrected chi connectivity index (χ0v) is 16.4. The third-order valence-electron chi connectivity index (χ3n) is 4.54. The highest BCUT2D eigenvalue weighted by Gasteiger charge is 2.21. The average Bonchev–Trinajstić information content (AvgIpc) is 2.66. The number of methoxy groups -OCH3 is 1. The first-order chi connectivity index (χ1) is 13.1. The minimum absolute atomic E-state index is 0.233. The Morgan fingerprint density at radius 1 is 1.22 bits per heavy atom. The molecular weight excluding hydrogens is 370 g/mol. The Balaban J connectivity index is 1.74. The Morgan fingerprint density at radius 2 is 2.00 bits per heavy atom. The minimum atomic E-state index is -0.352. The van der Waals surface area contributed by atoms with E-state index in [0.29, 0.717) is 34.1 Å². The van der Waals surface area contributed by atoms with Crippen LogP contribution >= 0.6 is 11.6 Å². The zero-order chi connectivity index (χ0) is 19.2. The summed E-state index contributed by atoms with van der Waals surface area (Å²) in [7, 11) is 1.56. The molecule has 0 amide bonds. The van der Waals surface area contributed by atoms with Crippen LogP contribution in [0.15, 0.2) is 18.5 Å². The van der Waals surface area contributed by atoms with Crippen LogP contribution in [0, 0.1) is 0 Å². The number of hydrogen-bond acceptors (Lipinski definition) is 7. The van der Waals surface area contributed by atoms with Crippen LogP contribution in [-0.4, -0.2) is 60.3 Å². The third kappa shape index (κ3) is 5.20. The van der Waals surface area contributed by atoms with Gasteiger partial charge in [-0.25, -0.2) is 9.97 Å². The fraction of sp³-hybridized carbons (Fsp3) is 0.526. The van der Waals surface area contributed by atoms with Gasteiger partial charge in [0.05, 0.1) is 12.6 Å². The third-order valence-corrected chi connectivity index (χ3v) is 4.84. The second kappa shape index (κ2) is 9.19. The Hall–Kier alpha value is -2.12. The lowest BCUT2D eigenvalue weighted by molar-refractivity contribution is -0.149. The molecule has 0 saturated carbocycles. The number of rotatable bonds is 7. The maximum absolute atomic E-state index is 11.5. The van der Waals surface area contributed by atoms with Gasteiger partial charge in [-0.2, -0.15) is 0 Å². The normalized spacial score (nSPS) is 16.1. The maximum Gasteiger partial charge on any atom is 0.303 e. The molecule has 0 radical (unpaired) electrons. The lowest BCUT2D eigenvalue weighted by atomic mass is 10.1. The summed E-state index contributed by atoms with van der Waals surface area (Å²) in [6.07, 6.45) is 4.65. The van der Waals surface area contributed by atoms with Crippen LogP contribution in [0.5, 0.6) is 11.5 Å². The van der Waals surface area contributed by atoms with Crippen molar-refractivity contribution >= 4 is 28.5 Å². The zero-order valence-electron chi connectivity index (χ0n) is 15.6. The highest BCUT2D eigenvalue weighted by Crippen LogP contribution is 2.33. The SMILES string of the molecule is COc1cc2c(Cl)ncnc2cc1OCC(CN1CCCCC1)OC(C)=O. The molecule has 0 N–H and O–H groups in total. The number of esters is 1. The van der Waals surface area contributed by atoms with Gasteiger partial charge in [-0.3, -0.25) is 9.69 Å². The van der Waals surface area contributed by atoms with E-state index in [-0.39, 0.29) is 18.7 Å². The molecule has 2 aromatic rings. The largest absolute Gasteiger partial charge is 0.493 e. The number of piperidine rings is 1. The Labute approximate surface area is 163 Å². The molecule has 146 valence electrons. The molecule has 0 spiro atoms. The predicted molar refractivity (Wildman–Crippen MR) is 102 cm³/mol. The van der Waals surface area contributed by atoms with E-state index >= 15 is 0 Å². The first-order valence-corrected chi connectivity index (χ1v) is 9.45. The van der Waals surface area contributed by atoms with Crippen LogP contribution in [-0.2, 0) is 9.53 Å². The Morgan fingerprint density at radius 3 is 2.70 bits per heavy atom. The molecule has 1 aromatic heterocycles. The molecule has 1 aromatic carbocycles. The molecule has 7 nitrogen and oxygen atoms in total. The van der Waals surface area contributed by atoms with Gasteiger partial charge in [0.25, 0.3) is 0 Å². The Bertz CT molecular complexity index is 796. The monoisotopic (exact) mass is 393 g/mol. The molecule has 1 atom stereocenters. The van der Waals surface area contributed by atoms with Crippen molar-refractivity contribution in [3.8, 4) is 11.5 Å². The van der Waals surface area contributed by atoms with Crippen LogP contribution in [0.1, 0.15) is 26.2 Å². The first-order valence-electron chi connectivity index (χ1n) is 9.07. The van der Waals surface area contributed by atoms with Crippen molar-refractivity contribution in [2.75, 3.05) is 33.4 Å². The molecule has 0 aliphatic carbocycles.